The summed E-state index contributed by atoms with van der Waals surface area (Å²) in [5, 5.41) is 6.12. The molecule has 1 heterocycles. The van der Waals surface area contributed by atoms with E-state index in [9.17, 15) is 4.79 Å². The van der Waals surface area contributed by atoms with E-state index in [0.717, 1.165) is 25.2 Å². The van der Waals surface area contributed by atoms with E-state index in [-0.39, 0.29) is 5.91 Å². The Bertz CT molecular complexity index is 393. The molecule has 1 amide bonds. The lowest BCUT2D eigenvalue weighted by molar-refractivity contribution is -0.116. The van der Waals surface area contributed by atoms with Crippen LogP contribution in [0.15, 0.2) is 18.2 Å². The number of alkyl halides is 1. The Morgan fingerprint density at radius 2 is 2.25 bits per heavy atom. The van der Waals surface area contributed by atoms with Gasteiger partial charge in [-0.1, -0.05) is 12.1 Å². The Morgan fingerprint density at radius 3 is 3.06 bits per heavy atom. The van der Waals surface area contributed by atoms with Crippen molar-refractivity contribution in [3.63, 3.8) is 0 Å². The van der Waals surface area contributed by atoms with E-state index in [4.69, 9.17) is 11.6 Å². The summed E-state index contributed by atoms with van der Waals surface area (Å²) in [5.74, 6) is 0.738. The molecule has 0 fully saturated rings. The van der Waals surface area contributed by atoms with Gasteiger partial charge in [-0.2, -0.15) is 0 Å². The van der Waals surface area contributed by atoms with Crippen molar-refractivity contribution in [3.05, 3.63) is 29.3 Å². The molecule has 0 saturated heterocycles. The van der Waals surface area contributed by atoms with Gasteiger partial charge >= 0.3 is 0 Å². The number of hydrogen-bond donors (Lipinski definition) is 2. The van der Waals surface area contributed by atoms with Gasteiger partial charge < -0.3 is 10.6 Å². The molecule has 1 aromatic carbocycles. The highest BCUT2D eigenvalue weighted by Crippen LogP contribution is 2.23. The van der Waals surface area contributed by atoms with Crippen molar-refractivity contribution in [2.45, 2.75) is 19.4 Å². The van der Waals surface area contributed by atoms with Crippen LogP contribution in [0, 0.1) is 0 Å². The smallest absolute Gasteiger partial charge is 0.224 e. The number of benzene rings is 1. The van der Waals surface area contributed by atoms with Gasteiger partial charge in [-0.15, -0.1) is 11.6 Å². The molecule has 2 N–H and O–H groups in total. The highest BCUT2D eigenvalue weighted by atomic mass is 35.5. The lowest BCUT2D eigenvalue weighted by Gasteiger charge is -2.17. The van der Waals surface area contributed by atoms with Crippen molar-refractivity contribution in [1.29, 1.82) is 0 Å². The fraction of sp³-hybridized carbons (Fsp3) is 0.417. The maximum absolute atomic E-state index is 11.2. The first kappa shape index (κ1) is 11.4. The van der Waals surface area contributed by atoms with Crippen molar-refractivity contribution in [2.75, 3.05) is 17.7 Å². The first-order valence-corrected chi connectivity index (χ1v) is 6.01. The Balaban J connectivity index is 2.04. The highest BCUT2D eigenvalue weighted by molar-refractivity contribution is 6.18. The third-order valence-electron chi connectivity index (χ3n) is 2.67. The molecule has 0 atom stereocenters. The van der Waals surface area contributed by atoms with Gasteiger partial charge in [0.25, 0.3) is 0 Å². The van der Waals surface area contributed by atoms with Crippen LogP contribution in [0.3, 0.4) is 0 Å². The highest BCUT2D eigenvalue weighted by Gasteiger charge is 2.14. The fourth-order valence-corrected chi connectivity index (χ4v) is 1.98. The topological polar surface area (TPSA) is 41.1 Å². The summed E-state index contributed by atoms with van der Waals surface area (Å²) < 4.78 is 0. The molecule has 4 heteroatoms. The van der Waals surface area contributed by atoms with Crippen molar-refractivity contribution >= 4 is 23.2 Å². The Kier molecular flexibility index (Phi) is 3.80. The van der Waals surface area contributed by atoms with E-state index in [0.29, 0.717) is 12.3 Å². The van der Waals surface area contributed by atoms with Gasteiger partial charge in [-0.05, 0) is 23.6 Å². The molecule has 0 bridgehead atoms. The number of carbonyl (C=O) groups is 1. The van der Waals surface area contributed by atoms with E-state index in [1.807, 2.05) is 12.1 Å². The molecule has 0 radical (unpaired) electrons. The van der Waals surface area contributed by atoms with E-state index >= 15 is 0 Å². The van der Waals surface area contributed by atoms with Crippen LogP contribution in [0.2, 0.25) is 0 Å². The number of anilines is 1. The van der Waals surface area contributed by atoms with Gasteiger partial charge in [0.05, 0.1) is 0 Å². The first-order valence-electron chi connectivity index (χ1n) is 5.48. The van der Waals surface area contributed by atoms with E-state index in [1.165, 1.54) is 11.1 Å². The molecule has 1 aromatic rings. The van der Waals surface area contributed by atoms with Crippen LogP contribution in [0.5, 0.6) is 0 Å². The molecule has 0 spiro atoms. The molecular formula is C12H15ClN2O. The molecule has 0 aliphatic carbocycles. The SMILES string of the molecule is O=C1CCc2cc(CNCCCl)ccc2N1. The van der Waals surface area contributed by atoms with Crippen LogP contribution in [0.1, 0.15) is 17.5 Å². The fourth-order valence-electron chi connectivity index (χ4n) is 1.85. The molecule has 0 aromatic heterocycles. The predicted molar refractivity (Wildman–Crippen MR) is 65.8 cm³/mol. The van der Waals surface area contributed by atoms with Crippen LogP contribution >= 0.6 is 11.6 Å². The van der Waals surface area contributed by atoms with Crippen LogP contribution in [-0.4, -0.2) is 18.3 Å². The summed E-state index contributed by atoms with van der Waals surface area (Å²) in [6, 6.07) is 6.16. The number of halogens is 1. The molecule has 0 saturated carbocycles. The minimum atomic E-state index is 0.112. The number of nitrogens with one attached hydrogen (secondary N) is 2. The van der Waals surface area contributed by atoms with Gasteiger partial charge in [0.1, 0.15) is 0 Å². The van der Waals surface area contributed by atoms with E-state index in [1.54, 1.807) is 0 Å². The minimum absolute atomic E-state index is 0.112. The second-order valence-electron chi connectivity index (χ2n) is 3.91. The third-order valence-corrected chi connectivity index (χ3v) is 2.85. The van der Waals surface area contributed by atoms with E-state index < -0.39 is 0 Å². The largest absolute Gasteiger partial charge is 0.326 e. The van der Waals surface area contributed by atoms with Crippen LogP contribution in [-0.2, 0) is 17.8 Å². The summed E-state index contributed by atoms with van der Waals surface area (Å²) in [7, 11) is 0. The van der Waals surface area contributed by atoms with Gasteiger partial charge in [-0.25, -0.2) is 0 Å². The molecular weight excluding hydrogens is 224 g/mol. The Morgan fingerprint density at radius 1 is 1.38 bits per heavy atom. The molecule has 1 aliphatic heterocycles. The van der Waals surface area contributed by atoms with Gasteiger partial charge in [-0.3, -0.25) is 4.79 Å². The first-order chi connectivity index (χ1) is 7.79. The minimum Gasteiger partial charge on any atom is -0.326 e. The van der Waals surface area contributed by atoms with Crippen molar-refractivity contribution in [1.82, 2.24) is 5.32 Å². The van der Waals surface area contributed by atoms with E-state index in [2.05, 4.69) is 16.7 Å². The maximum Gasteiger partial charge on any atom is 0.224 e. The quantitative estimate of drug-likeness (QED) is 0.622. The monoisotopic (exact) mass is 238 g/mol. The second-order valence-corrected chi connectivity index (χ2v) is 4.28. The lowest BCUT2D eigenvalue weighted by atomic mass is 10.0. The van der Waals surface area contributed by atoms with Crippen LogP contribution in [0.4, 0.5) is 5.69 Å². The number of rotatable bonds is 4. The zero-order chi connectivity index (χ0) is 11.4. The summed E-state index contributed by atoms with van der Waals surface area (Å²) in [5.41, 5.74) is 3.42. The van der Waals surface area contributed by atoms with Crippen LogP contribution in [0.25, 0.3) is 0 Å². The standard InChI is InChI=1S/C12H15ClN2O/c13-5-6-14-8-9-1-3-11-10(7-9)2-4-12(16)15-11/h1,3,7,14H,2,4-6,8H2,(H,15,16). The predicted octanol–water partition coefficient (Wildman–Crippen LogP) is 1.90. The molecule has 0 unspecified atom stereocenters. The molecule has 3 nitrogen and oxygen atoms in total. The van der Waals surface area contributed by atoms with Gasteiger partial charge in [0, 0.05) is 31.1 Å². The number of fused-ring (bicyclic) bond motifs is 1. The number of carbonyl (C=O) groups excluding carboxylic acids is 1. The molecule has 16 heavy (non-hydrogen) atoms. The average molecular weight is 239 g/mol. The normalized spacial score (nSPS) is 14.4. The average Bonchev–Trinajstić information content (AvgIpc) is 2.29. The number of hydrogen-bond acceptors (Lipinski definition) is 2. The lowest BCUT2D eigenvalue weighted by Crippen LogP contribution is -2.20. The number of aryl methyl sites for hydroxylation is 1. The summed E-state index contributed by atoms with van der Waals surface area (Å²) >= 11 is 5.59. The van der Waals surface area contributed by atoms with Crippen molar-refractivity contribution < 1.29 is 4.79 Å². The third kappa shape index (κ3) is 2.74. The summed E-state index contributed by atoms with van der Waals surface area (Å²) in [4.78, 5) is 11.2. The van der Waals surface area contributed by atoms with Crippen molar-refractivity contribution in [3.8, 4) is 0 Å². The zero-order valence-corrected chi connectivity index (χ0v) is 9.81. The Hall–Kier alpha value is -1.06. The number of amides is 1. The van der Waals surface area contributed by atoms with Gasteiger partial charge in [0.15, 0.2) is 0 Å². The summed E-state index contributed by atoms with van der Waals surface area (Å²) in [6.07, 6.45) is 1.43. The summed E-state index contributed by atoms with van der Waals surface area (Å²) in [6.45, 7) is 1.64. The maximum atomic E-state index is 11.2. The zero-order valence-electron chi connectivity index (χ0n) is 9.05. The van der Waals surface area contributed by atoms with Gasteiger partial charge in [0.2, 0.25) is 5.91 Å². The Labute approximate surface area is 100 Å². The second kappa shape index (κ2) is 5.32. The molecule has 2 rings (SSSR count). The molecule has 86 valence electrons. The molecule has 1 aliphatic rings. The van der Waals surface area contributed by atoms with Crippen LogP contribution < -0.4 is 10.6 Å². The van der Waals surface area contributed by atoms with Crippen molar-refractivity contribution in [2.24, 2.45) is 0 Å².